The van der Waals surface area contributed by atoms with Crippen LogP contribution in [0.1, 0.15) is 35.7 Å². The lowest BCUT2D eigenvalue weighted by Crippen LogP contribution is -2.11. The number of nitrogens with zero attached hydrogens (tertiary/aromatic N) is 2. The molecule has 1 N–H and O–H groups in total. The van der Waals surface area contributed by atoms with Crippen LogP contribution in [0.4, 0.5) is 5.69 Å². The van der Waals surface area contributed by atoms with Crippen LogP contribution < -0.4 is 5.32 Å². The minimum Gasteiger partial charge on any atom is -0.322 e. The first kappa shape index (κ1) is 16.0. The lowest BCUT2D eigenvalue weighted by atomic mass is 10.1. The number of hydrogen-bond acceptors (Lipinski definition) is 2. The van der Waals surface area contributed by atoms with Gasteiger partial charge in [-0.05, 0) is 54.8 Å². The van der Waals surface area contributed by atoms with Crippen molar-refractivity contribution in [2.75, 3.05) is 5.32 Å². The summed E-state index contributed by atoms with van der Waals surface area (Å²) in [7, 11) is 0. The summed E-state index contributed by atoms with van der Waals surface area (Å²) in [5, 5.41) is 2.94. The predicted molar refractivity (Wildman–Crippen MR) is 96.6 cm³/mol. The highest BCUT2D eigenvalue weighted by atomic mass is 16.1. The maximum absolute atomic E-state index is 12.3. The molecule has 0 atom stereocenters. The Labute approximate surface area is 142 Å². The average Bonchev–Trinajstić information content (AvgIpc) is 3.16. The molecule has 0 saturated heterocycles. The van der Waals surface area contributed by atoms with Gasteiger partial charge in [-0.1, -0.05) is 25.5 Å². The number of carbonyl (C=O) groups excluding carboxylic acids is 1. The van der Waals surface area contributed by atoms with E-state index in [-0.39, 0.29) is 5.91 Å². The molecule has 122 valence electrons. The number of aromatic nitrogens is 2. The Morgan fingerprint density at radius 1 is 1.08 bits per heavy atom. The van der Waals surface area contributed by atoms with Crippen LogP contribution in [0.15, 0.2) is 67.3 Å². The van der Waals surface area contributed by atoms with Crippen LogP contribution in [0, 0.1) is 0 Å². The minimum atomic E-state index is -0.103. The second-order valence-corrected chi connectivity index (χ2v) is 5.77. The standard InChI is InChI=1S/C20H21N3O/c1-2-3-4-16-5-9-18(10-6-16)22-20(24)17-7-11-19(12-8-17)23-14-13-21-15-23/h5-15H,2-4H2,1H3,(H,22,24). The molecule has 3 aromatic rings. The predicted octanol–water partition coefficient (Wildman–Crippen LogP) is 4.47. The van der Waals surface area contributed by atoms with Gasteiger partial charge >= 0.3 is 0 Å². The molecule has 0 aliphatic rings. The second-order valence-electron chi connectivity index (χ2n) is 5.77. The summed E-state index contributed by atoms with van der Waals surface area (Å²) < 4.78 is 1.90. The van der Waals surface area contributed by atoms with E-state index in [0.717, 1.165) is 17.8 Å². The van der Waals surface area contributed by atoms with Crippen LogP contribution in [-0.4, -0.2) is 15.5 Å². The number of nitrogens with one attached hydrogen (secondary N) is 1. The number of aryl methyl sites for hydroxylation is 1. The zero-order chi connectivity index (χ0) is 16.8. The number of anilines is 1. The summed E-state index contributed by atoms with van der Waals surface area (Å²) in [5.74, 6) is -0.103. The Kier molecular flexibility index (Phi) is 5.06. The van der Waals surface area contributed by atoms with Gasteiger partial charge in [-0.3, -0.25) is 4.79 Å². The van der Waals surface area contributed by atoms with Crippen molar-refractivity contribution in [3.8, 4) is 5.69 Å². The fraction of sp³-hybridized carbons (Fsp3) is 0.200. The van der Waals surface area contributed by atoms with E-state index in [1.165, 1.54) is 18.4 Å². The number of amides is 1. The fourth-order valence-corrected chi connectivity index (χ4v) is 2.54. The molecule has 0 fully saturated rings. The van der Waals surface area contributed by atoms with Crippen molar-refractivity contribution in [2.45, 2.75) is 26.2 Å². The van der Waals surface area contributed by atoms with Crippen LogP contribution in [0.5, 0.6) is 0 Å². The SMILES string of the molecule is CCCCc1ccc(NC(=O)c2ccc(-n3ccnc3)cc2)cc1. The third-order valence-electron chi connectivity index (χ3n) is 3.96. The van der Waals surface area contributed by atoms with E-state index in [1.54, 1.807) is 12.5 Å². The van der Waals surface area contributed by atoms with E-state index in [0.29, 0.717) is 5.56 Å². The van der Waals surface area contributed by atoms with E-state index in [2.05, 4.69) is 29.4 Å². The van der Waals surface area contributed by atoms with Gasteiger partial charge in [0.15, 0.2) is 0 Å². The van der Waals surface area contributed by atoms with Crippen LogP contribution in [0.25, 0.3) is 5.69 Å². The molecule has 3 rings (SSSR count). The molecule has 4 heteroatoms. The third kappa shape index (κ3) is 3.90. The first-order valence-corrected chi connectivity index (χ1v) is 8.25. The normalized spacial score (nSPS) is 10.5. The van der Waals surface area contributed by atoms with Gasteiger partial charge in [0.05, 0.1) is 6.33 Å². The molecule has 0 aliphatic heterocycles. The lowest BCUT2D eigenvalue weighted by Gasteiger charge is -2.08. The molecule has 0 unspecified atom stereocenters. The van der Waals surface area contributed by atoms with Gasteiger partial charge in [0.1, 0.15) is 0 Å². The average molecular weight is 319 g/mol. The number of carbonyl (C=O) groups is 1. The van der Waals surface area contributed by atoms with Crippen molar-refractivity contribution >= 4 is 11.6 Å². The van der Waals surface area contributed by atoms with Crippen LogP contribution in [0.2, 0.25) is 0 Å². The van der Waals surface area contributed by atoms with Gasteiger partial charge in [0.2, 0.25) is 0 Å². The number of imidazole rings is 1. The summed E-state index contributed by atoms with van der Waals surface area (Å²) in [6, 6.07) is 15.5. The maximum atomic E-state index is 12.3. The van der Waals surface area contributed by atoms with Gasteiger partial charge < -0.3 is 9.88 Å². The molecule has 1 amide bonds. The van der Waals surface area contributed by atoms with E-state index >= 15 is 0 Å². The topological polar surface area (TPSA) is 46.9 Å². The van der Waals surface area contributed by atoms with Gasteiger partial charge in [0, 0.05) is 29.3 Å². The van der Waals surface area contributed by atoms with Crippen molar-refractivity contribution in [1.29, 1.82) is 0 Å². The monoisotopic (exact) mass is 319 g/mol. The number of hydrogen-bond donors (Lipinski definition) is 1. The number of benzene rings is 2. The first-order chi connectivity index (χ1) is 11.8. The van der Waals surface area contributed by atoms with E-state index in [1.807, 2.05) is 47.2 Å². The molecule has 4 nitrogen and oxygen atoms in total. The van der Waals surface area contributed by atoms with Crippen molar-refractivity contribution in [3.63, 3.8) is 0 Å². The van der Waals surface area contributed by atoms with Crippen LogP contribution in [-0.2, 0) is 6.42 Å². The largest absolute Gasteiger partial charge is 0.322 e. The Morgan fingerprint density at radius 3 is 2.46 bits per heavy atom. The zero-order valence-electron chi connectivity index (χ0n) is 13.8. The molecular weight excluding hydrogens is 298 g/mol. The molecule has 0 saturated carbocycles. The van der Waals surface area contributed by atoms with Gasteiger partial charge in [-0.15, -0.1) is 0 Å². The van der Waals surface area contributed by atoms with E-state index in [9.17, 15) is 4.79 Å². The second kappa shape index (κ2) is 7.59. The maximum Gasteiger partial charge on any atom is 0.255 e. The highest BCUT2D eigenvalue weighted by Crippen LogP contribution is 2.14. The van der Waals surface area contributed by atoms with Gasteiger partial charge in [-0.2, -0.15) is 0 Å². The molecule has 1 aromatic heterocycles. The van der Waals surface area contributed by atoms with Crippen LogP contribution >= 0.6 is 0 Å². The van der Waals surface area contributed by atoms with E-state index in [4.69, 9.17) is 0 Å². The van der Waals surface area contributed by atoms with Crippen molar-refractivity contribution in [3.05, 3.63) is 78.4 Å². The molecule has 2 aromatic carbocycles. The van der Waals surface area contributed by atoms with E-state index < -0.39 is 0 Å². The zero-order valence-corrected chi connectivity index (χ0v) is 13.8. The molecule has 1 heterocycles. The number of unbranched alkanes of at least 4 members (excludes halogenated alkanes) is 1. The van der Waals surface area contributed by atoms with Crippen LogP contribution in [0.3, 0.4) is 0 Å². The summed E-state index contributed by atoms with van der Waals surface area (Å²) in [6.45, 7) is 2.19. The molecule has 0 bridgehead atoms. The Balaban J connectivity index is 1.64. The highest BCUT2D eigenvalue weighted by molar-refractivity contribution is 6.04. The van der Waals surface area contributed by atoms with Gasteiger partial charge in [0.25, 0.3) is 5.91 Å². The van der Waals surface area contributed by atoms with Crippen molar-refractivity contribution in [1.82, 2.24) is 9.55 Å². The third-order valence-corrected chi connectivity index (χ3v) is 3.96. The van der Waals surface area contributed by atoms with Gasteiger partial charge in [-0.25, -0.2) is 4.98 Å². The number of rotatable bonds is 6. The first-order valence-electron chi connectivity index (χ1n) is 8.25. The summed E-state index contributed by atoms with van der Waals surface area (Å²) in [6.07, 6.45) is 8.79. The lowest BCUT2D eigenvalue weighted by molar-refractivity contribution is 0.102. The molecule has 0 aliphatic carbocycles. The highest BCUT2D eigenvalue weighted by Gasteiger charge is 2.06. The minimum absolute atomic E-state index is 0.103. The molecule has 0 spiro atoms. The molecular formula is C20H21N3O. The van der Waals surface area contributed by atoms with Crippen molar-refractivity contribution in [2.24, 2.45) is 0 Å². The summed E-state index contributed by atoms with van der Waals surface area (Å²) >= 11 is 0. The quantitative estimate of drug-likeness (QED) is 0.729. The Bertz CT molecular complexity index is 775. The fourth-order valence-electron chi connectivity index (χ4n) is 2.54. The summed E-state index contributed by atoms with van der Waals surface area (Å²) in [4.78, 5) is 16.4. The molecule has 0 radical (unpaired) electrons. The molecule has 24 heavy (non-hydrogen) atoms. The Morgan fingerprint density at radius 2 is 1.83 bits per heavy atom. The van der Waals surface area contributed by atoms with Crippen molar-refractivity contribution < 1.29 is 4.79 Å². The Hall–Kier alpha value is -2.88. The summed E-state index contributed by atoms with van der Waals surface area (Å²) in [5.41, 5.74) is 3.73. The smallest absolute Gasteiger partial charge is 0.255 e.